The van der Waals surface area contributed by atoms with Gasteiger partial charge in [0.05, 0.1) is 10.8 Å². The Hall–Kier alpha value is -0.580. The van der Waals surface area contributed by atoms with E-state index in [0.29, 0.717) is 5.56 Å². The summed E-state index contributed by atoms with van der Waals surface area (Å²) in [4.78, 5) is 0. The van der Waals surface area contributed by atoms with Crippen LogP contribution in [0.2, 0.25) is 5.02 Å². The molecule has 3 nitrogen and oxygen atoms in total. The standard InChI is InChI=1S/C7H7ClO3S/c8-6-3-5(4-12(10)11)1-2-7(6)9/h1-3,9H,4H2,(H,10,11). The highest BCUT2D eigenvalue weighted by atomic mass is 35.5. The summed E-state index contributed by atoms with van der Waals surface area (Å²) in [6.07, 6.45) is 0. The number of phenols is 1. The molecule has 1 rings (SSSR count). The minimum atomic E-state index is -1.87. The van der Waals surface area contributed by atoms with Crippen molar-refractivity contribution in [3.63, 3.8) is 0 Å². The lowest BCUT2D eigenvalue weighted by Gasteiger charge is -1.99. The lowest BCUT2D eigenvalue weighted by Crippen LogP contribution is -1.92. The van der Waals surface area contributed by atoms with Crippen LogP contribution in [0.3, 0.4) is 0 Å². The second-order valence-electron chi connectivity index (χ2n) is 2.25. The Morgan fingerprint density at radius 3 is 2.67 bits per heavy atom. The lowest BCUT2D eigenvalue weighted by molar-refractivity contribution is 0.475. The van der Waals surface area contributed by atoms with Gasteiger partial charge >= 0.3 is 0 Å². The minimum absolute atomic E-state index is 0.0239. The molecule has 0 radical (unpaired) electrons. The van der Waals surface area contributed by atoms with Crippen LogP contribution < -0.4 is 0 Å². The van der Waals surface area contributed by atoms with Gasteiger partial charge < -0.3 is 9.66 Å². The molecule has 0 amide bonds. The van der Waals surface area contributed by atoms with E-state index in [0.717, 1.165) is 0 Å². The van der Waals surface area contributed by atoms with Crippen LogP contribution in [0, 0.1) is 0 Å². The SMILES string of the molecule is O=S(O)Cc1ccc(O)c(Cl)c1. The Morgan fingerprint density at radius 2 is 2.17 bits per heavy atom. The summed E-state index contributed by atoms with van der Waals surface area (Å²) >= 11 is 3.69. The monoisotopic (exact) mass is 206 g/mol. The lowest BCUT2D eigenvalue weighted by atomic mass is 10.2. The maximum atomic E-state index is 10.4. The van der Waals surface area contributed by atoms with Crippen LogP contribution in [0.1, 0.15) is 5.56 Å². The number of benzene rings is 1. The number of aromatic hydroxyl groups is 1. The molecule has 2 N–H and O–H groups in total. The minimum Gasteiger partial charge on any atom is -0.506 e. The molecule has 66 valence electrons. The predicted molar refractivity (Wildman–Crippen MR) is 47.6 cm³/mol. The van der Waals surface area contributed by atoms with Gasteiger partial charge in [0, 0.05) is 0 Å². The Bertz CT molecular complexity index is 314. The average molecular weight is 207 g/mol. The first-order chi connectivity index (χ1) is 5.59. The molecule has 0 aliphatic carbocycles. The Morgan fingerprint density at radius 1 is 1.50 bits per heavy atom. The highest BCUT2D eigenvalue weighted by Gasteiger charge is 2.01. The van der Waals surface area contributed by atoms with E-state index in [2.05, 4.69) is 0 Å². The summed E-state index contributed by atoms with van der Waals surface area (Å²) in [7, 11) is 0. The molecule has 0 aliphatic rings. The third-order valence-electron chi connectivity index (χ3n) is 1.30. The number of hydrogen-bond acceptors (Lipinski definition) is 2. The van der Waals surface area contributed by atoms with E-state index in [1.54, 1.807) is 6.07 Å². The summed E-state index contributed by atoms with van der Waals surface area (Å²) in [5.41, 5.74) is 0.624. The predicted octanol–water partition coefficient (Wildman–Crippen LogP) is 1.77. The molecule has 1 aromatic rings. The zero-order chi connectivity index (χ0) is 9.14. The number of hydrogen-bond donors (Lipinski definition) is 2. The van der Waals surface area contributed by atoms with Crippen LogP contribution >= 0.6 is 11.6 Å². The van der Waals surface area contributed by atoms with Gasteiger partial charge in [-0.2, -0.15) is 0 Å². The van der Waals surface area contributed by atoms with Gasteiger partial charge in [0.25, 0.3) is 0 Å². The van der Waals surface area contributed by atoms with Crippen molar-refractivity contribution >= 4 is 22.7 Å². The first-order valence-electron chi connectivity index (χ1n) is 3.14. The molecule has 0 saturated carbocycles. The molecule has 5 heteroatoms. The first kappa shape index (κ1) is 9.51. The third kappa shape index (κ3) is 2.48. The smallest absolute Gasteiger partial charge is 0.157 e. The molecule has 12 heavy (non-hydrogen) atoms. The summed E-state index contributed by atoms with van der Waals surface area (Å²) in [6, 6.07) is 4.41. The summed E-state index contributed by atoms with van der Waals surface area (Å²) in [5.74, 6) is 0.00383. The average Bonchev–Trinajstić information content (AvgIpc) is 1.96. The van der Waals surface area contributed by atoms with Crippen molar-refractivity contribution < 1.29 is 13.9 Å². The van der Waals surface area contributed by atoms with Crippen molar-refractivity contribution in [3.8, 4) is 5.75 Å². The van der Waals surface area contributed by atoms with Crippen molar-refractivity contribution in [2.75, 3.05) is 0 Å². The molecule has 0 aliphatic heterocycles. The van der Waals surface area contributed by atoms with E-state index in [1.807, 2.05) is 0 Å². The van der Waals surface area contributed by atoms with Crippen LogP contribution in [0.4, 0.5) is 0 Å². The van der Waals surface area contributed by atoms with Crippen molar-refractivity contribution in [1.82, 2.24) is 0 Å². The fraction of sp³-hybridized carbons (Fsp3) is 0.143. The molecule has 0 fully saturated rings. The quantitative estimate of drug-likeness (QED) is 0.726. The van der Waals surface area contributed by atoms with Crippen LogP contribution in [0.15, 0.2) is 18.2 Å². The summed E-state index contributed by atoms with van der Waals surface area (Å²) < 4.78 is 18.9. The summed E-state index contributed by atoms with van der Waals surface area (Å²) in [5, 5.41) is 9.20. The van der Waals surface area contributed by atoms with Crippen molar-refractivity contribution in [2.24, 2.45) is 0 Å². The highest BCUT2D eigenvalue weighted by Crippen LogP contribution is 2.23. The van der Waals surface area contributed by atoms with Crippen molar-refractivity contribution in [2.45, 2.75) is 5.75 Å². The molecular weight excluding hydrogens is 200 g/mol. The van der Waals surface area contributed by atoms with Gasteiger partial charge in [0.2, 0.25) is 0 Å². The number of halogens is 1. The normalized spacial score (nSPS) is 12.8. The highest BCUT2D eigenvalue weighted by molar-refractivity contribution is 7.78. The van der Waals surface area contributed by atoms with Crippen molar-refractivity contribution in [1.29, 1.82) is 0 Å². The second kappa shape index (κ2) is 3.89. The fourth-order valence-corrected chi connectivity index (χ4v) is 1.45. The van der Waals surface area contributed by atoms with Gasteiger partial charge in [-0.15, -0.1) is 0 Å². The van der Waals surface area contributed by atoms with Crippen LogP contribution in [-0.2, 0) is 16.8 Å². The zero-order valence-corrected chi connectivity index (χ0v) is 7.60. The molecular formula is C7H7ClO3S. The van der Waals surface area contributed by atoms with Gasteiger partial charge in [-0.3, -0.25) is 0 Å². The molecule has 0 heterocycles. The van der Waals surface area contributed by atoms with Gasteiger partial charge in [-0.25, -0.2) is 4.21 Å². The molecule has 0 aromatic heterocycles. The Kier molecular flexibility index (Phi) is 3.08. The molecule has 0 spiro atoms. The van der Waals surface area contributed by atoms with Gasteiger partial charge in [-0.05, 0) is 17.7 Å². The van der Waals surface area contributed by atoms with E-state index in [-0.39, 0.29) is 16.5 Å². The van der Waals surface area contributed by atoms with E-state index >= 15 is 0 Å². The van der Waals surface area contributed by atoms with Crippen molar-refractivity contribution in [3.05, 3.63) is 28.8 Å². The van der Waals surface area contributed by atoms with Crippen LogP contribution in [-0.4, -0.2) is 13.9 Å². The molecule has 1 aromatic carbocycles. The molecule has 0 saturated heterocycles. The molecule has 1 unspecified atom stereocenters. The van der Waals surface area contributed by atoms with E-state index in [4.69, 9.17) is 21.3 Å². The Labute approximate surface area is 77.3 Å². The van der Waals surface area contributed by atoms with Gasteiger partial charge in [0.15, 0.2) is 11.1 Å². The van der Waals surface area contributed by atoms with E-state index in [9.17, 15) is 4.21 Å². The zero-order valence-electron chi connectivity index (χ0n) is 6.03. The molecule has 1 atom stereocenters. The Balaban J connectivity index is 2.89. The van der Waals surface area contributed by atoms with E-state index < -0.39 is 11.1 Å². The summed E-state index contributed by atoms with van der Waals surface area (Å²) in [6.45, 7) is 0. The van der Waals surface area contributed by atoms with Crippen LogP contribution in [0.5, 0.6) is 5.75 Å². The van der Waals surface area contributed by atoms with Crippen LogP contribution in [0.25, 0.3) is 0 Å². The second-order valence-corrected chi connectivity index (χ2v) is 3.59. The van der Waals surface area contributed by atoms with Gasteiger partial charge in [0.1, 0.15) is 5.75 Å². The maximum Gasteiger partial charge on any atom is 0.157 e. The maximum absolute atomic E-state index is 10.4. The molecule has 0 bridgehead atoms. The van der Waals surface area contributed by atoms with Gasteiger partial charge in [-0.1, -0.05) is 17.7 Å². The fourth-order valence-electron chi connectivity index (χ4n) is 0.783. The number of rotatable bonds is 2. The largest absolute Gasteiger partial charge is 0.506 e. The number of phenolic OH excluding ortho intramolecular Hbond substituents is 1. The third-order valence-corrected chi connectivity index (χ3v) is 2.19. The first-order valence-corrected chi connectivity index (χ1v) is 4.80. The topological polar surface area (TPSA) is 57.5 Å². The van der Waals surface area contributed by atoms with E-state index in [1.165, 1.54) is 12.1 Å².